The Bertz CT molecular complexity index is 666. The average Bonchev–Trinajstić information content (AvgIpc) is 2.68. The molecular formula is C23H36O7. The second-order valence-corrected chi connectivity index (χ2v) is 8.88. The Morgan fingerprint density at radius 1 is 1.27 bits per heavy atom. The maximum Gasteiger partial charge on any atom is 0.364 e. The molecule has 6 atom stereocenters. The second-order valence-electron chi connectivity index (χ2n) is 8.88. The summed E-state index contributed by atoms with van der Waals surface area (Å²) >= 11 is 0. The number of carboxylic acids is 1. The zero-order valence-corrected chi connectivity index (χ0v) is 18.2. The molecule has 0 aromatic rings. The Labute approximate surface area is 178 Å². The predicted octanol–water partition coefficient (Wildman–Crippen LogP) is 2.79. The third kappa shape index (κ3) is 6.15. The second kappa shape index (κ2) is 10.6. The molecule has 0 saturated heterocycles. The number of esters is 1. The van der Waals surface area contributed by atoms with Crippen molar-refractivity contribution in [2.45, 2.75) is 83.7 Å². The number of allylic oxidation sites excluding steroid dienone is 2. The van der Waals surface area contributed by atoms with Crippen molar-refractivity contribution in [3.8, 4) is 0 Å². The van der Waals surface area contributed by atoms with Crippen LogP contribution < -0.4 is 0 Å². The summed E-state index contributed by atoms with van der Waals surface area (Å²) in [5, 5.41) is 37.8. The van der Waals surface area contributed by atoms with Crippen LogP contribution >= 0.6 is 0 Å². The Balaban J connectivity index is 2.02. The summed E-state index contributed by atoms with van der Waals surface area (Å²) in [7, 11) is 0. The summed E-state index contributed by atoms with van der Waals surface area (Å²) in [6.07, 6.45) is 8.60. The quantitative estimate of drug-likeness (QED) is 0.241. The first kappa shape index (κ1) is 24.6. The molecule has 4 N–H and O–H groups in total. The van der Waals surface area contributed by atoms with Gasteiger partial charge in [-0.1, -0.05) is 51.8 Å². The van der Waals surface area contributed by atoms with Gasteiger partial charge in [0.25, 0.3) is 5.79 Å². The molecule has 0 radical (unpaired) electrons. The van der Waals surface area contributed by atoms with E-state index in [0.29, 0.717) is 25.7 Å². The highest BCUT2D eigenvalue weighted by atomic mass is 16.5. The van der Waals surface area contributed by atoms with E-state index < -0.39 is 17.9 Å². The predicted molar refractivity (Wildman–Crippen MR) is 111 cm³/mol. The van der Waals surface area contributed by atoms with Gasteiger partial charge < -0.3 is 25.2 Å². The molecule has 7 heteroatoms. The number of hydrogen-bond donors (Lipinski definition) is 4. The number of ether oxygens (including phenoxy) is 1. The number of aliphatic hydroxyl groups is 3. The van der Waals surface area contributed by atoms with Crippen molar-refractivity contribution in [2.24, 2.45) is 23.7 Å². The van der Waals surface area contributed by atoms with Crippen LogP contribution in [0.2, 0.25) is 0 Å². The Morgan fingerprint density at radius 2 is 1.97 bits per heavy atom. The Morgan fingerprint density at radius 3 is 2.60 bits per heavy atom. The Kier molecular flexibility index (Phi) is 8.64. The molecule has 2 rings (SSSR count). The molecule has 0 fully saturated rings. The normalized spacial score (nSPS) is 29.7. The number of carboxylic acid groups (broad SMARTS) is 1. The lowest BCUT2D eigenvalue weighted by Crippen LogP contribution is -2.42. The zero-order valence-electron chi connectivity index (χ0n) is 18.2. The van der Waals surface area contributed by atoms with Crippen molar-refractivity contribution < 1.29 is 34.8 Å². The number of hydrogen-bond acceptors (Lipinski definition) is 6. The number of aliphatic carboxylic acids is 1. The van der Waals surface area contributed by atoms with Gasteiger partial charge in [-0.05, 0) is 36.7 Å². The fourth-order valence-electron chi connectivity index (χ4n) is 4.45. The smallest absolute Gasteiger partial charge is 0.364 e. The average molecular weight is 425 g/mol. The molecule has 2 aliphatic rings. The van der Waals surface area contributed by atoms with Gasteiger partial charge >= 0.3 is 11.9 Å². The topological polar surface area (TPSA) is 124 Å². The molecule has 170 valence electrons. The molecule has 30 heavy (non-hydrogen) atoms. The number of fused-ring (bicyclic) bond motifs is 1. The number of aliphatic hydroxyl groups excluding tert-OH is 1. The van der Waals surface area contributed by atoms with Gasteiger partial charge in [0, 0.05) is 18.8 Å². The van der Waals surface area contributed by atoms with Crippen LogP contribution in [0.5, 0.6) is 0 Å². The maximum absolute atomic E-state index is 12.4. The van der Waals surface area contributed by atoms with E-state index in [1.54, 1.807) is 0 Å². The van der Waals surface area contributed by atoms with Crippen molar-refractivity contribution >= 4 is 11.9 Å². The molecule has 0 saturated carbocycles. The van der Waals surface area contributed by atoms with E-state index >= 15 is 0 Å². The van der Waals surface area contributed by atoms with Crippen molar-refractivity contribution in [1.29, 1.82) is 0 Å². The SMILES string of the molecule is CC[C@H](C)C(=O)O[C@H]1C[C@H](O)C=C2C=C[C@H](C)[C@H](CCCCCC(O)(O)C(=O)O)[C@H]21. The minimum atomic E-state index is -2.68. The molecule has 0 unspecified atom stereocenters. The zero-order chi connectivity index (χ0) is 22.5. The lowest BCUT2D eigenvalue weighted by atomic mass is 9.66. The first-order chi connectivity index (χ1) is 14.1. The van der Waals surface area contributed by atoms with Gasteiger partial charge in [-0.15, -0.1) is 0 Å². The highest BCUT2D eigenvalue weighted by Crippen LogP contribution is 2.44. The summed E-state index contributed by atoms with van der Waals surface area (Å²) in [6, 6.07) is 0. The van der Waals surface area contributed by atoms with Gasteiger partial charge in [-0.25, -0.2) is 4.79 Å². The molecule has 2 aliphatic carbocycles. The number of carbonyl (C=O) groups is 2. The summed E-state index contributed by atoms with van der Waals surface area (Å²) in [4.78, 5) is 23.2. The van der Waals surface area contributed by atoms with E-state index in [1.807, 2.05) is 26.0 Å². The van der Waals surface area contributed by atoms with Crippen LogP contribution in [-0.4, -0.2) is 50.4 Å². The molecule has 0 aliphatic heterocycles. The number of carbonyl (C=O) groups excluding carboxylic acids is 1. The van der Waals surface area contributed by atoms with Gasteiger partial charge in [0.1, 0.15) is 6.10 Å². The summed E-state index contributed by atoms with van der Waals surface area (Å²) in [6.45, 7) is 5.92. The molecule has 0 aromatic heterocycles. The highest BCUT2D eigenvalue weighted by molar-refractivity contribution is 5.74. The van der Waals surface area contributed by atoms with Crippen LogP contribution in [0.15, 0.2) is 23.8 Å². The lowest BCUT2D eigenvalue weighted by molar-refractivity contribution is -0.205. The third-order valence-electron chi connectivity index (χ3n) is 6.56. The summed E-state index contributed by atoms with van der Waals surface area (Å²) < 4.78 is 5.86. The molecular weight excluding hydrogens is 388 g/mol. The van der Waals surface area contributed by atoms with Crippen molar-refractivity contribution in [2.75, 3.05) is 0 Å². The molecule has 0 bridgehead atoms. The summed E-state index contributed by atoms with van der Waals surface area (Å²) in [5.74, 6) is -4.18. The van der Waals surface area contributed by atoms with Crippen LogP contribution in [0.1, 0.15) is 65.7 Å². The lowest BCUT2D eigenvalue weighted by Gasteiger charge is -2.43. The molecule has 0 heterocycles. The van der Waals surface area contributed by atoms with Crippen LogP contribution in [0.25, 0.3) is 0 Å². The van der Waals surface area contributed by atoms with Crippen LogP contribution in [0, 0.1) is 23.7 Å². The monoisotopic (exact) mass is 424 g/mol. The standard InChI is InChI=1S/C23H36O7/c1-4-14(2)21(25)30-19-13-17(24)12-16-10-9-15(3)18(20(16)19)8-6-5-7-11-23(28,29)22(26)27/h9-10,12,14-15,17-20,24,28-29H,4-8,11,13H2,1-3H3,(H,26,27)/t14-,15-,17+,18-,19-,20-/m0/s1. The van der Waals surface area contributed by atoms with Crippen LogP contribution in [0.3, 0.4) is 0 Å². The van der Waals surface area contributed by atoms with Crippen molar-refractivity contribution in [3.63, 3.8) is 0 Å². The van der Waals surface area contributed by atoms with E-state index in [9.17, 15) is 24.9 Å². The van der Waals surface area contributed by atoms with Crippen LogP contribution in [-0.2, 0) is 14.3 Å². The van der Waals surface area contributed by atoms with Gasteiger partial charge in [0.05, 0.1) is 12.0 Å². The molecule has 0 spiro atoms. The fraction of sp³-hybridized carbons (Fsp3) is 0.739. The van der Waals surface area contributed by atoms with E-state index in [0.717, 1.165) is 18.4 Å². The van der Waals surface area contributed by atoms with E-state index in [4.69, 9.17) is 9.84 Å². The first-order valence-electron chi connectivity index (χ1n) is 11.0. The van der Waals surface area contributed by atoms with E-state index in [-0.39, 0.29) is 42.2 Å². The maximum atomic E-state index is 12.4. The molecule has 0 amide bonds. The number of rotatable bonds is 10. The van der Waals surface area contributed by atoms with Gasteiger partial charge in [0.2, 0.25) is 0 Å². The fourth-order valence-corrected chi connectivity index (χ4v) is 4.45. The minimum absolute atomic E-state index is 0.0233. The molecule has 0 aromatic carbocycles. The first-order valence-corrected chi connectivity index (χ1v) is 11.0. The largest absolute Gasteiger partial charge is 0.477 e. The number of unbranched alkanes of at least 4 members (excludes halogenated alkanes) is 2. The van der Waals surface area contributed by atoms with E-state index in [1.165, 1.54) is 0 Å². The van der Waals surface area contributed by atoms with Crippen molar-refractivity contribution in [3.05, 3.63) is 23.8 Å². The minimum Gasteiger partial charge on any atom is -0.477 e. The van der Waals surface area contributed by atoms with E-state index in [2.05, 4.69) is 13.0 Å². The van der Waals surface area contributed by atoms with Gasteiger partial charge in [-0.2, -0.15) is 0 Å². The Hall–Kier alpha value is -1.70. The molecule has 7 nitrogen and oxygen atoms in total. The third-order valence-corrected chi connectivity index (χ3v) is 6.56. The van der Waals surface area contributed by atoms with Crippen molar-refractivity contribution in [1.82, 2.24) is 0 Å². The summed E-state index contributed by atoms with van der Waals surface area (Å²) in [5.41, 5.74) is 1.01. The van der Waals surface area contributed by atoms with Gasteiger partial charge in [0.15, 0.2) is 0 Å². The highest BCUT2D eigenvalue weighted by Gasteiger charge is 2.42. The van der Waals surface area contributed by atoms with Crippen LogP contribution in [0.4, 0.5) is 0 Å². The van der Waals surface area contributed by atoms with Gasteiger partial charge in [-0.3, -0.25) is 4.79 Å².